The summed E-state index contributed by atoms with van der Waals surface area (Å²) in [5, 5.41) is 28.0. The fourth-order valence-electron chi connectivity index (χ4n) is 1.49. The zero-order chi connectivity index (χ0) is 15.2. The molecule has 0 saturated heterocycles. The molecule has 7 nitrogen and oxygen atoms in total. The lowest BCUT2D eigenvalue weighted by atomic mass is 10.2. The van der Waals surface area contributed by atoms with E-state index in [-0.39, 0.29) is 11.3 Å². The number of para-hydroxylation sites is 1. The molecule has 0 aliphatic heterocycles. The highest BCUT2D eigenvalue weighted by Crippen LogP contribution is 2.31. The summed E-state index contributed by atoms with van der Waals surface area (Å²) in [5.41, 5.74) is 5.77. The van der Waals surface area contributed by atoms with E-state index in [0.717, 1.165) is 18.3 Å². The molecular weight excluding hydrogens is 274 g/mol. The molecule has 0 atom stereocenters. The average Bonchev–Trinajstić information content (AvgIpc) is 2.48. The summed E-state index contributed by atoms with van der Waals surface area (Å²) in [5.74, 6) is -1.19. The van der Waals surface area contributed by atoms with Crippen LogP contribution in [-0.2, 0) is 0 Å². The van der Waals surface area contributed by atoms with Gasteiger partial charge in [-0.1, -0.05) is 18.2 Å². The number of hydrogen-bond acceptors (Lipinski definition) is 5. The second-order valence-electron chi connectivity index (χ2n) is 4.08. The van der Waals surface area contributed by atoms with E-state index in [1.165, 1.54) is 0 Å². The molecule has 21 heavy (non-hydrogen) atoms. The Morgan fingerprint density at radius 3 is 2.38 bits per heavy atom. The van der Waals surface area contributed by atoms with Crippen LogP contribution in [0.1, 0.15) is 5.56 Å². The van der Waals surface area contributed by atoms with Gasteiger partial charge in [0.25, 0.3) is 0 Å². The Kier molecular flexibility index (Phi) is 4.25. The Bertz CT molecular complexity index is 671. The summed E-state index contributed by atoms with van der Waals surface area (Å²) >= 11 is 0. The number of aliphatic imine (C=N–C) groups is 1. The number of hydrogen-bond donors (Lipinski definition) is 5. The van der Waals surface area contributed by atoms with Crippen molar-refractivity contribution < 1.29 is 20.1 Å². The van der Waals surface area contributed by atoms with Crippen LogP contribution in [0.4, 0.5) is 10.5 Å². The van der Waals surface area contributed by atoms with Gasteiger partial charge < -0.3 is 15.3 Å². The molecule has 2 rings (SSSR count). The molecule has 2 aromatic rings. The first-order valence-electron chi connectivity index (χ1n) is 5.96. The average molecular weight is 287 g/mol. The molecule has 0 spiro atoms. The summed E-state index contributed by atoms with van der Waals surface area (Å²) < 4.78 is 0. The maximum atomic E-state index is 11.5. The fraction of sp³-hybridized carbons (Fsp3) is 0. The van der Waals surface area contributed by atoms with E-state index in [1.54, 1.807) is 24.3 Å². The van der Waals surface area contributed by atoms with Crippen LogP contribution in [0.2, 0.25) is 0 Å². The third kappa shape index (κ3) is 3.87. The van der Waals surface area contributed by atoms with Crippen molar-refractivity contribution in [1.82, 2.24) is 5.43 Å². The van der Waals surface area contributed by atoms with E-state index in [9.17, 15) is 15.0 Å². The highest BCUT2D eigenvalue weighted by atomic mass is 16.3. The minimum absolute atomic E-state index is 0.0974. The first-order valence-corrected chi connectivity index (χ1v) is 5.96. The number of phenols is 3. The molecule has 0 aliphatic rings. The van der Waals surface area contributed by atoms with Gasteiger partial charge in [0, 0.05) is 17.8 Å². The van der Waals surface area contributed by atoms with Gasteiger partial charge in [-0.15, -0.1) is 0 Å². The van der Waals surface area contributed by atoms with Crippen molar-refractivity contribution in [3.8, 4) is 17.2 Å². The molecule has 0 bridgehead atoms. The first-order chi connectivity index (χ1) is 10.1. The van der Waals surface area contributed by atoms with Crippen molar-refractivity contribution in [2.45, 2.75) is 0 Å². The van der Waals surface area contributed by atoms with Crippen LogP contribution in [0.25, 0.3) is 0 Å². The number of aromatic hydroxyl groups is 3. The van der Waals surface area contributed by atoms with Gasteiger partial charge in [-0.25, -0.2) is 10.2 Å². The van der Waals surface area contributed by atoms with E-state index in [2.05, 4.69) is 15.8 Å². The molecule has 2 aromatic carbocycles. The Labute approximate surface area is 120 Å². The van der Waals surface area contributed by atoms with Crippen LogP contribution in [0.5, 0.6) is 17.2 Å². The summed E-state index contributed by atoms with van der Waals surface area (Å²) in [4.78, 5) is 15.0. The highest BCUT2D eigenvalue weighted by Gasteiger charge is 2.06. The highest BCUT2D eigenvalue weighted by molar-refractivity contribution is 5.93. The number of hydrazine groups is 1. The van der Waals surface area contributed by atoms with Crippen LogP contribution >= 0.6 is 0 Å². The van der Waals surface area contributed by atoms with E-state index >= 15 is 0 Å². The van der Waals surface area contributed by atoms with Gasteiger partial charge in [-0.05, 0) is 18.2 Å². The van der Waals surface area contributed by atoms with Gasteiger partial charge in [-0.2, -0.15) is 4.99 Å². The standard InChI is InChI=1S/C14H13N3O4/c18-11-7-13(20)12(19)6-9(11)8-15-14(21)17-16-10-4-2-1-3-5-10/h1-8,16,18-20H,(H,17,21)/b15-8+. The number of nitrogens with one attached hydrogen (secondary N) is 2. The van der Waals surface area contributed by atoms with Gasteiger partial charge in [0.05, 0.1) is 5.69 Å². The lowest BCUT2D eigenvalue weighted by Gasteiger charge is -2.05. The minimum atomic E-state index is -0.689. The summed E-state index contributed by atoms with van der Waals surface area (Å²) in [6, 6.07) is 10.3. The van der Waals surface area contributed by atoms with Crippen molar-refractivity contribution in [3.63, 3.8) is 0 Å². The van der Waals surface area contributed by atoms with Crippen molar-refractivity contribution in [1.29, 1.82) is 0 Å². The predicted molar refractivity (Wildman–Crippen MR) is 77.6 cm³/mol. The number of anilines is 1. The Hall–Kier alpha value is -3.22. The quantitative estimate of drug-likeness (QED) is 0.256. The van der Waals surface area contributed by atoms with Gasteiger partial charge in [0.1, 0.15) is 5.75 Å². The van der Waals surface area contributed by atoms with Crippen molar-refractivity contribution in [2.24, 2.45) is 4.99 Å². The molecule has 0 fully saturated rings. The second kappa shape index (κ2) is 6.29. The maximum Gasteiger partial charge on any atom is 0.359 e. The summed E-state index contributed by atoms with van der Waals surface area (Å²) in [6.45, 7) is 0. The summed E-state index contributed by atoms with van der Waals surface area (Å²) in [6.07, 6.45) is 1.07. The van der Waals surface area contributed by atoms with Crippen LogP contribution in [0.3, 0.4) is 0 Å². The second-order valence-corrected chi connectivity index (χ2v) is 4.08. The molecule has 108 valence electrons. The zero-order valence-electron chi connectivity index (χ0n) is 10.8. The van der Waals surface area contributed by atoms with Crippen molar-refractivity contribution >= 4 is 17.9 Å². The van der Waals surface area contributed by atoms with Crippen LogP contribution in [-0.4, -0.2) is 27.6 Å². The molecule has 7 heteroatoms. The van der Waals surface area contributed by atoms with Gasteiger partial charge in [0.15, 0.2) is 11.5 Å². The molecule has 0 radical (unpaired) electrons. The monoisotopic (exact) mass is 287 g/mol. The van der Waals surface area contributed by atoms with Crippen LogP contribution < -0.4 is 10.9 Å². The number of carbonyl (C=O) groups excluding carboxylic acids is 1. The third-order valence-electron chi connectivity index (χ3n) is 2.53. The lowest BCUT2D eigenvalue weighted by molar-refractivity contribution is 0.251. The molecule has 0 saturated carbocycles. The molecule has 5 N–H and O–H groups in total. The lowest BCUT2D eigenvalue weighted by Crippen LogP contribution is -2.26. The molecule has 2 amide bonds. The minimum Gasteiger partial charge on any atom is -0.507 e. The molecule has 0 unspecified atom stereocenters. The van der Waals surface area contributed by atoms with E-state index in [0.29, 0.717) is 5.69 Å². The summed E-state index contributed by atoms with van der Waals surface area (Å²) in [7, 11) is 0. The number of amides is 2. The van der Waals surface area contributed by atoms with Crippen LogP contribution in [0.15, 0.2) is 47.5 Å². The van der Waals surface area contributed by atoms with Crippen LogP contribution in [0, 0.1) is 0 Å². The fourth-order valence-corrected chi connectivity index (χ4v) is 1.49. The van der Waals surface area contributed by atoms with Gasteiger partial charge in [-0.3, -0.25) is 5.43 Å². The topological polar surface area (TPSA) is 114 Å². The number of phenolic OH excluding ortho intramolecular Hbond substituents is 3. The molecule has 0 heterocycles. The van der Waals surface area contributed by atoms with E-state index in [1.807, 2.05) is 6.07 Å². The van der Waals surface area contributed by atoms with Gasteiger partial charge >= 0.3 is 6.03 Å². The number of rotatable bonds is 3. The number of benzene rings is 2. The van der Waals surface area contributed by atoms with Gasteiger partial charge in [0.2, 0.25) is 0 Å². The smallest absolute Gasteiger partial charge is 0.359 e. The molecule has 0 aliphatic carbocycles. The SMILES string of the molecule is O=C(/N=C/c1cc(O)c(O)cc1O)NNc1ccccc1. The first kappa shape index (κ1) is 14.2. The van der Waals surface area contributed by atoms with Crippen molar-refractivity contribution in [3.05, 3.63) is 48.0 Å². The van der Waals surface area contributed by atoms with Crippen molar-refractivity contribution in [2.75, 3.05) is 5.43 Å². The molecule has 0 aromatic heterocycles. The Balaban J connectivity index is 1.98. The largest absolute Gasteiger partial charge is 0.507 e. The normalized spacial score (nSPS) is 10.5. The third-order valence-corrected chi connectivity index (χ3v) is 2.53. The number of nitrogens with zero attached hydrogens (tertiary/aromatic N) is 1. The number of carbonyl (C=O) groups is 1. The number of urea groups is 1. The van der Waals surface area contributed by atoms with E-state index < -0.39 is 17.5 Å². The zero-order valence-corrected chi connectivity index (χ0v) is 10.8. The Morgan fingerprint density at radius 1 is 1.00 bits per heavy atom. The maximum absolute atomic E-state index is 11.5. The predicted octanol–water partition coefficient (Wildman–Crippen LogP) is 1.96. The molecular formula is C14H13N3O4. The van der Waals surface area contributed by atoms with E-state index in [4.69, 9.17) is 5.11 Å². The Morgan fingerprint density at radius 2 is 1.67 bits per heavy atom.